The number of anilines is 1. The van der Waals surface area contributed by atoms with E-state index in [-0.39, 0.29) is 11.8 Å². The van der Waals surface area contributed by atoms with Gasteiger partial charge >= 0.3 is 0 Å². The number of rotatable bonds is 4. The van der Waals surface area contributed by atoms with E-state index in [1.54, 1.807) is 31.3 Å². The van der Waals surface area contributed by atoms with Gasteiger partial charge in [-0.25, -0.2) is 0 Å². The lowest BCUT2D eigenvalue weighted by Crippen LogP contribution is -2.52. The van der Waals surface area contributed by atoms with Crippen LogP contribution in [0.25, 0.3) is 0 Å². The third-order valence-electron chi connectivity index (χ3n) is 4.71. The number of carbonyl (C=O) groups is 3. The second-order valence-corrected chi connectivity index (χ2v) is 6.95. The van der Waals surface area contributed by atoms with Crippen LogP contribution in [0, 0.1) is 12.8 Å². The molecule has 5 nitrogen and oxygen atoms in total. The van der Waals surface area contributed by atoms with E-state index >= 15 is 0 Å². The molecule has 1 aliphatic heterocycles. The van der Waals surface area contributed by atoms with Crippen molar-refractivity contribution in [1.29, 1.82) is 0 Å². The van der Waals surface area contributed by atoms with Crippen molar-refractivity contribution in [2.24, 2.45) is 5.92 Å². The van der Waals surface area contributed by atoms with Gasteiger partial charge in [-0.05, 0) is 42.7 Å². The molecule has 0 spiro atoms. The molecule has 1 heterocycles. The molecule has 0 N–H and O–H groups in total. The van der Waals surface area contributed by atoms with E-state index in [0.717, 1.165) is 16.2 Å². The lowest BCUT2D eigenvalue weighted by molar-refractivity contribution is -0.123. The number of imide groups is 1. The Morgan fingerprint density at radius 2 is 1.54 bits per heavy atom. The molecule has 1 unspecified atom stereocenters. The van der Waals surface area contributed by atoms with Gasteiger partial charge in [-0.2, -0.15) is 0 Å². The molecule has 0 fully saturated rings. The van der Waals surface area contributed by atoms with E-state index in [4.69, 9.17) is 0 Å². The van der Waals surface area contributed by atoms with Crippen molar-refractivity contribution in [3.8, 4) is 0 Å². The summed E-state index contributed by atoms with van der Waals surface area (Å²) in [7, 11) is 1.67. The standard InChI is InChI=1S/C21H22N2O3/c1-13(2)18(21(26)22(4)15-9-7-8-14(3)12-15)23-19(24)16-10-5-6-11-17(16)20(23)25/h5-13,18H,1-4H3. The second-order valence-electron chi connectivity index (χ2n) is 6.95. The molecule has 0 bridgehead atoms. The SMILES string of the molecule is Cc1cccc(N(C)C(=O)C(C(C)C)N2C(=O)c3ccccc3C2=O)c1. The highest BCUT2D eigenvalue weighted by Crippen LogP contribution is 2.29. The number of nitrogens with zero attached hydrogens (tertiary/aromatic N) is 2. The number of likely N-dealkylation sites (N-methyl/N-ethyl adjacent to an activating group) is 1. The lowest BCUT2D eigenvalue weighted by atomic mass is 10.0. The van der Waals surface area contributed by atoms with Gasteiger partial charge in [0.05, 0.1) is 11.1 Å². The van der Waals surface area contributed by atoms with Crippen LogP contribution < -0.4 is 4.90 Å². The second kappa shape index (κ2) is 6.75. The van der Waals surface area contributed by atoms with Crippen LogP contribution in [0.2, 0.25) is 0 Å². The molecule has 1 atom stereocenters. The number of hydrogen-bond donors (Lipinski definition) is 0. The van der Waals surface area contributed by atoms with Crippen LogP contribution in [0.3, 0.4) is 0 Å². The summed E-state index contributed by atoms with van der Waals surface area (Å²) in [5.41, 5.74) is 2.48. The fourth-order valence-corrected chi connectivity index (χ4v) is 3.32. The minimum Gasteiger partial charge on any atom is -0.314 e. The van der Waals surface area contributed by atoms with Gasteiger partial charge in [0.25, 0.3) is 11.8 Å². The zero-order valence-electron chi connectivity index (χ0n) is 15.4. The van der Waals surface area contributed by atoms with Crippen molar-refractivity contribution < 1.29 is 14.4 Å². The first-order chi connectivity index (χ1) is 12.3. The molecule has 134 valence electrons. The van der Waals surface area contributed by atoms with Gasteiger partial charge in [0, 0.05) is 12.7 Å². The molecule has 2 aromatic rings. The minimum atomic E-state index is -0.854. The van der Waals surface area contributed by atoms with Crippen molar-refractivity contribution in [3.63, 3.8) is 0 Å². The lowest BCUT2D eigenvalue weighted by Gasteiger charge is -2.32. The third kappa shape index (κ3) is 2.90. The molecule has 0 saturated heterocycles. The van der Waals surface area contributed by atoms with Gasteiger partial charge < -0.3 is 4.90 Å². The number of benzene rings is 2. The highest BCUT2D eigenvalue weighted by molar-refractivity contribution is 6.23. The maximum absolute atomic E-state index is 13.2. The third-order valence-corrected chi connectivity index (χ3v) is 4.71. The molecule has 0 radical (unpaired) electrons. The largest absolute Gasteiger partial charge is 0.314 e. The predicted octanol–water partition coefficient (Wildman–Crippen LogP) is 3.28. The van der Waals surface area contributed by atoms with E-state index in [9.17, 15) is 14.4 Å². The average Bonchev–Trinajstić information content (AvgIpc) is 2.86. The molecule has 26 heavy (non-hydrogen) atoms. The van der Waals surface area contributed by atoms with Crippen molar-refractivity contribution in [2.45, 2.75) is 26.8 Å². The topological polar surface area (TPSA) is 57.7 Å². The van der Waals surface area contributed by atoms with Crippen LogP contribution in [0.15, 0.2) is 48.5 Å². The Hall–Kier alpha value is -2.95. The highest BCUT2D eigenvalue weighted by atomic mass is 16.2. The highest BCUT2D eigenvalue weighted by Gasteiger charge is 2.44. The number of amides is 3. The Bertz CT molecular complexity index is 853. The quantitative estimate of drug-likeness (QED) is 0.795. The normalized spacial score (nSPS) is 14.6. The van der Waals surface area contributed by atoms with Crippen molar-refractivity contribution >= 4 is 23.4 Å². The molecule has 0 aliphatic carbocycles. The fourth-order valence-electron chi connectivity index (χ4n) is 3.32. The fraction of sp³-hybridized carbons (Fsp3) is 0.286. The number of carbonyl (C=O) groups excluding carboxylic acids is 3. The maximum atomic E-state index is 13.2. The summed E-state index contributed by atoms with van der Waals surface area (Å²) >= 11 is 0. The molecule has 1 aliphatic rings. The number of hydrogen-bond acceptors (Lipinski definition) is 3. The van der Waals surface area contributed by atoms with Gasteiger partial charge in [0.2, 0.25) is 5.91 Å². The van der Waals surface area contributed by atoms with Crippen LogP contribution in [-0.4, -0.2) is 35.7 Å². The zero-order chi connectivity index (χ0) is 19.0. The summed E-state index contributed by atoms with van der Waals surface area (Å²) in [4.78, 5) is 41.4. The van der Waals surface area contributed by atoms with E-state index in [1.807, 2.05) is 45.0 Å². The van der Waals surface area contributed by atoms with Crippen molar-refractivity contribution in [1.82, 2.24) is 4.90 Å². The summed E-state index contributed by atoms with van der Waals surface area (Å²) in [6, 6.07) is 13.4. The molecule has 0 aromatic heterocycles. The van der Waals surface area contributed by atoms with E-state index < -0.39 is 17.9 Å². The summed E-state index contributed by atoms with van der Waals surface area (Å²) in [5.74, 6) is -1.30. The smallest absolute Gasteiger partial charge is 0.262 e. The van der Waals surface area contributed by atoms with Crippen LogP contribution in [0.4, 0.5) is 5.69 Å². The molecule has 5 heteroatoms. The summed E-state index contributed by atoms with van der Waals surface area (Å²) in [5, 5.41) is 0. The summed E-state index contributed by atoms with van der Waals surface area (Å²) < 4.78 is 0. The van der Waals surface area contributed by atoms with Gasteiger partial charge in [0.1, 0.15) is 6.04 Å². The summed E-state index contributed by atoms with van der Waals surface area (Å²) in [6.07, 6.45) is 0. The number of aryl methyl sites for hydroxylation is 1. The Morgan fingerprint density at radius 1 is 0.962 bits per heavy atom. The summed E-state index contributed by atoms with van der Waals surface area (Å²) in [6.45, 7) is 5.64. The minimum absolute atomic E-state index is 0.211. The van der Waals surface area contributed by atoms with E-state index in [0.29, 0.717) is 11.1 Å². The van der Waals surface area contributed by atoms with Gasteiger partial charge in [-0.15, -0.1) is 0 Å². The predicted molar refractivity (Wildman–Crippen MR) is 100 cm³/mol. The molecule has 3 amide bonds. The molecular weight excluding hydrogens is 328 g/mol. The molecular formula is C21H22N2O3. The number of fused-ring (bicyclic) bond motifs is 1. The Morgan fingerprint density at radius 3 is 2.04 bits per heavy atom. The Labute approximate surface area is 153 Å². The van der Waals surface area contributed by atoms with Crippen molar-refractivity contribution in [3.05, 3.63) is 65.2 Å². The molecule has 3 rings (SSSR count). The van der Waals surface area contributed by atoms with Crippen LogP contribution in [0.1, 0.15) is 40.1 Å². The van der Waals surface area contributed by atoms with Crippen LogP contribution >= 0.6 is 0 Å². The van der Waals surface area contributed by atoms with Crippen molar-refractivity contribution in [2.75, 3.05) is 11.9 Å². The van der Waals surface area contributed by atoms with Crippen LogP contribution in [0.5, 0.6) is 0 Å². The Kier molecular flexibility index (Phi) is 4.64. The first-order valence-electron chi connectivity index (χ1n) is 8.64. The monoisotopic (exact) mass is 350 g/mol. The van der Waals surface area contributed by atoms with E-state index in [1.165, 1.54) is 4.90 Å². The molecule has 2 aromatic carbocycles. The van der Waals surface area contributed by atoms with E-state index in [2.05, 4.69) is 0 Å². The maximum Gasteiger partial charge on any atom is 0.262 e. The molecule has 0 saturated carbocycles. The average molecular weight is 350 g/mol. The van der Waals surface area contributed by atoms with Gasteiger partial charge in [-0.3, -0.25) is 19.3 Å². The zero-order valence-corrected chi connectivity index (χ0v) is 15.4. The first kappa shape index (κ1) is 17.9. The van der Waals surface area contributed by atoms with Gasteiger partial charge in [0.15, 0.2) is 0 Å². The Balaban J connectivity index is 1.97. The first-order valence-corrected chi connectivity index (χ1v) is 8.64. The van der Waals surface area contributed by atoms with Gasteiger partial charge in [-0.1, -0.05) is 38.1 Å². The van der Waals surface area contributed by atoms with Crippen LogP contribution in [-0.2, 0) is 4.79 Å².